The average molecular weight is 238 g/mol. The van der Waals surface area contributed by atoms with E-state index in [-0.39, 0.29) is 0 Å². The van der Waals surface area contributed by atoms with Crippen molar-refractivity contribution in [2.24, 2.45) is 5.92 Å². The maximum absolute atomic E-state index is 5.06. The lowest BCUT2D eigenvalue weighted by Crippen LogP contribution is -2.35. The Morgan fingerprint density at radius 2 is 2.18 bits per heavy atom. The summed E-state index contributed by atoms with van der Waals surface area (Å²) in [6.07, 6.45) is 3.44. The van der Waals surface area contributed by atoms with Crippen molar-refractivity contribution in [2.45, 2.75) is 26.2 Å². The fourth-order valence-corrected chi connectivity index (χ4v) is 2.21. The number of likely N-dealkylation sites (tertiary alicyclic amines) is 1. The van der Waals surface area contributed by atoms with Gasteiger partial charge in [-0.2, -0.15) is 4.98 Å². The summed E-state index contributed by atoms with van der Waals surface area (Å²) in [6.45, 7) is 6.35. The molecule has 0 atom stereocenters. The number of aryl methyl sites for hydroxylation is 1. The van der Waals surface area contributed by atoms with Crippen LogP contribution in [0.25, 0.3) is 0 Å². The fraction of sp³-hybridized carbons (Fsp3) is 0.833. The van der Waals surface area contributed by atoms with Crippen LogP contribution in [0.4, 0.5) is 0 Å². The molecule has 0 aromatic carbocycles. The van der Waals surface area contributed by atoms with Gasteiger partial charge in [0.2, 0.25) is 5.89 Å². The zero-order valence-corrected chi connectivity index (χ0v) is 10.8. The van der Waals surface area contributed by atoms with Gasteiger partial charge in [0, 0.05) is 13.0 Å². The molecule has 2 heterocycles. The lowest BCUT2D eigenvalue weighted by Gasteiger charge is -2.28. The molecular weight excluding hydrogens is 216 g/mol. The molecule has 0 saturated carbocycles. The molecule has 0 bridgehead atoms. The predicted octanol–water partition coefficient (Wildman–Crippen LogP) is 0.852. The van der Waals surface area contributed by atoms with Crippen LogP contribution in [-0.4, -0.2) is 48.3 Å². The van der Waals surface area contributed by atoms with E-state index in [2.05, 4.69) is 27.4 Å². The van der Waals surface area contributed by atoms with Crippen LogP contribution in [0.15, 0.2) is 4.52 Å². The molecule has 96 valence electrons. The van der Waals surface area contributed by atoms with Crippen molar-refractivity contribution >= 4 is 0 Å². The van der Waals surface area contributed by atoms with Gasteiger partial charge in [0.1, 0.15) is 0 Å². The molecule has 1 N–H and O–H groups in total. The minimum Gasteiger partial charge on any atom is -0.339 e. The van der Waals surface area contributed by atoms with E-state index in [1.165, 1.54) is 25.9 Å². The van der Waals surface area contributed by atoms with Gasteiger partial charge in [-0.1, -0.05) is 5.16 Å². The highest BCUT2D eigenvalue weighted by Crippen LogP contribution is 2.14. The van der Waals surface area contributed by atoms with Gasteiger partial charge in [0.05, 0.1) is 0 Å². The van der Waals surface area contributed by atoms with E-state index in [9.17, 15) is 0 Å². The summed E-state index contributed by atoms with van der Waals surface area (Å²) in [4.78, 5) is 6.58. The number of hydrogen-bond acceptors (Lipinski definition) is 5. The summed E-state index contributed by atoms with van der Waals surface area (Å²) in [7, 11) is 2.20. The Balaban J connectivity index is 1.57. The summed E-state index contributed by atoms with van der Waals surface area (Å²) in [5.41, 5.74) is 0. The monoisotopic (exact) mass is 238 g/mol. The first-order chi connectivity index (χ1) is 8.24. The number of aromatic nitrogens is 2. The van der Waals surface area contributed by atoms with E-state index < -0.39 is 0 Å². The van der Waals surface area contributed by atoms with Crippen LogP contribution in [0.1, 0.15) is 24.6 Å². The fourth-order valence-electron chi connectivity index (χ4n) is 2.21. The SMILES string of the molecule is Cc1noc(CCNCC2CCN(C)CC2)n1. The Morgan fingerprint density at radius 3 is 2.82 bits per heavy atom. The number of rotatable bonds is 5. The zero-order chi connectivity index (χ0) is 12.1. The van der Waals surface area contributed by atoms with Crippen molar-refractivity contribution in [3.63, 3.8) is 0 Å². The summed E-state index contributed by atoms with van der Waals surface area (Å²) in [6, 6.07) is 0. The minimum atomic E-state index is 0.718. The maximum Gasteiger partial charge on any atom is 0.227 e. The number of piperidine rings is 1. The van der Waals surface area contributed by atoms with Gasteiger partial charge in [-0.15, -0.1) is 0 Å². The summed E-state index contributed by atoms with van der Waals surface area (Å²) in [5, 5.41) is 7.26. The number of nitrogens with zero attached hydrogens (tertiary/aromatic N) is 3. The quantitative estimate of drug-likeness (QED) is 0.771. The van der Waals surface area contributed by atoms with Gasteiger partial charge in [0.15, 0.2) is 5.82 Å². The van der Waals surface area contributed by atoms with E-state index in [1.54, 1.807) is 0 Å². The average Bonchev–Trinajstić information content (AvgIpc) is 2.73. The molecule has 0 radical (unpaired) electrons. The Bertz CT molecular complexity index is 331. The first-order valence-electron chi connectivity index (χ1n) is 6.42. The second kappa shape index (κ2) is 6.12. The topological polar surface area (TPSA) is 54.2 Å². The van der Waals surface area contributed by atoms with Crippen molar-refractivity contribution in [3.05, 3.63) is 11.7 Å². The molecule has 17 heavy (non-hydrogen) atoms. The molecule has 1 aliphatic heterocycles. The molecule has 1 aromatic rings. The lowest BCUT2D eigenvalue weighted by atomic mass is 9.97. The van der Waals surface area contributed by atoms with Crippen molar-refractivity contribution in [1.29, 1.82) is 0 Å². The van der Waals surface area contributed by atoms with Gasteiger partial charge in [-0.05, 0) is 52.4 Å². The van der Waals surface area contributed by atoms with Crippen LogP contribution in [-0.2, 0) is 6.42 Å². The molecule has 1 aliphatic rings. The van der Waals surface area contributed by atoms with Gasteiger partial charge in [0.25, 0.3) is 0 Å². The molecule has 2 rings (SSSR count). The molecule has 5 heteroatoms. The van der Waals surface area contributed by atoms with Gasteiger partial charge in [-0.3, -0.25) is 0 Å². The molecule has 1 saturated heterocycles. The molecule has 1 aromatic heterocycles. The minimum absolute atomic E-state index is 0.718. The second-order valence-electron chi connectivity index (χ2n) is 4.94. The van der Waals surface area contributed by atoms with Crippen LogP contribution in [0, 0.1) is 12.8 Å². The van der Waals surface area contributed by atoms with Crippen molar-refractivity contribution < 1.29 is 4.52 Å². The highest BCUT2D eigenvalue weighted by atomic mass is 16.5. The van der Waals surface area contributed by atoms with Crippen molar-refractivity contribution in [1.82, 2.24) is 20.4 Å². The van der Waals surface area contributed by atoms with Gasteiger partial charge < -0.3 is 14.7 Å². The van der Waals surface area contributed by atoms with E-state index in [0.29, 0.717) is 0 Å². The van der Waals surface area contributed by atoms with E-state index in [4.69, 9.17) is 4.52 Å². The third-order valence-corrected chi connectivity index (χ3v) is 3.36. The lowest BCUT2D eigenvalue weighted by molar-refractivity contribution is 0.216. The number of nitrogens with one attached hydrogen (secondary N) is 1. The van der Waals surface area contributed by atoms with Gasteiger partial charge >= 0.3 is 0 Å². The van der Waals surface area contributed by atoms with Crippen LogP contribution >= 0.6 is 0 Å². The van der Waals surface area contributed by atoms with E-state index in [0.717, 1.165) is 37.1 Å². The van der Waals surface area contributed by atoms with Crippen LogP contribution < -0.4 is 5.32 Å². The van der Waals surface area contributed by atoms with E-state index in [1.807, 2.05) is 6.92 Å². The van der Waals surface area contributed by atoms with Crippen molar-refractivity contribution in [2.75, 3.05) is 33.2 Å². The molecular formula is C12H22N4O. The normalized spacial score (nSPS) is 18.7. The third kappa shape index (κ3) is 4.09. The second-order valence-corrected chi connectivity index (χ2v) is 4.94. The standard InChI is InChI=1S/C12H22N4O/c1-10-14-12(17-15-10)3-6-13-9-11-4-7-16(2)8-5-11/h11,13H,3-9H2,1-2H3. The zero-order valence-electron chi connectivity index (χ0n) is 10.8. The molecule has 0 spiro atoms. The summed E-state index contributed by atoms with van der Waals surface area (Å²) >= 11 is 0. The summed E-state index contributed by atoms with van der Waals surface area (Å²) < 4.78 is 5.06. The Labute approximate surface area is 103 Å². The first kappa shape index (κ1) is 12.5. The highest BCUT2D eigenvalue weighted by Gasteiger charge is 2.15. The Kier molecular flexibility index (Phi) is 4.50. The first-order valence-corrected chi connectivity index (χ1v) is 6.42. The molecule has 0 amide bonds. The van der Waals surface area contributed by atoms with Crippen LogP contribution in [0.5, 0.6) is 0 Å². The maximum atomic E-state index is 5.06. The number of hydrogen-bond donors (Lipinski definition) is 1. The smallest absolute Gasteiger partial charge is 0.227 e. The molecule has 0 unspecified atom stereocenters. The predicted molar refractivity (Wildman–Crippen MR) is 65.8 cm³/mol. The molecule has 1 fully saturated rings. The van der Waals surface area contributed by atoms with Crippen LogP contribution in [0.3, 0.4) is 0 Å². The van der Waals surface area contributed by atoms with E-state index >= 15 is 0 Å². The summed E-state index contributed by atoms with van der Waals surface area (Å²) in [5.74, 6) is 2.28. The molecule has 5 nitrogen and oxygen atoms in total. The largest absolute Gasteiger partial charge is 0.339 e. The highest BCUT2D eigenvalue weighted by molar-refractivity contribution is 4.83. The Morgan fingerprint density at radius 1 is 1.41 bits per heavy atom. The van der Waals surface area contributed by atoms with Crippen molar-refractivity contribution in [3.8, 4) is 0 Å². The third-order valence-electron chi connectivity index (χ3n) is 3.36. The van der Waals surface area contributed by atoms with Gasteiger partial charge in [-0.25, -0.2) is 0 Å². The van der Waals surface area contributed by atoms with Crippen LogP contribution in [0.2, 0.25) is 0 Å². The molecule has 0 aliphatic carbocycles. The Hall–Kier alpha value is -0.940.